The molecule has 1 aromatic heterocycles. The van der Waals surface area contributed by atoms with E-state index in [0.717, 1.165) is 29.0 Å². The minimum Gasteiger partial charge on any atom is -0.494 e. The number of likely N-dealkylation sites (N-methyl/N-ethyl adjacent to an activating group) is 1. The second kappa shape index (κ2) is 16.2. The highest BCUT2D eigenvalue weighted by Gasteiger charge is 2.65. The lowest BCUT2D eigenvalue weighted by Gasteiger charge is -2.36. The Morgan fingerprint density at radius 1 is 1.05 bits per heavy atom. The Morgan fingerprint density at radius 3 is 2.54 bits per heavy atom. The second-order valence-corrected chi connectivity index (χ2v) is 19.8. The molecular weight excluding hydrogens is 729 g/mol. The van der Waals surface area contributed by atoms with Crippen molar-refractivity contribution in [1.29, 1.82) is 0 Å². The number of fused-ring (bicyclic) bond motifs is 3. The third-order valence-electron chi connectivity index (χ3n) is 11.8. The molecule has 7 rings (SSSR count). The number of nitrogens with one attached hydrogen (secondary N) is 1. The highest BCUT2D eigenvalue weighted by Crippen LogP contribution is 2.60. The molecule has 1 saturated heterocycles. The Hall–Kier alpha value is -4.44. The third-order valence-corrected chi connectivity index (χ3v) is 14.3. The molecule has 3 aliphatic rings. The van der Waals surface area contributed by atoms with Crippen LogP contribution in [-0.4, -0.2) is 95.7 Å². The Labute approximate surface area is 329 Å². The topological polar surface area (TPSA) is 163 Å². The van der Waals surface area contributed by atoms with Crippen LogP contribution in [0.2, 0.25) is 18.6 Å². The van der Waals surface area contributed by atoms with Crippen molar-refractivity contribution < 1.29 is 34.1 Å². The molecule has 3 aromatic carbocycles. The summed E-state index contributed by atoms with van der Waals surface area (Å²) < 4.78 is 14.6. The second-order valence-electron chi connectivity index (χ2n) is 15.8. The van der Waals surface area contributed by atoms with Gasteiger partial charge in [0, 0.05) is 49.1 Å². The molecule has 298 valence electrons. The molecule has 0 saturated carbocycles. The minimum absolute atomic E-state index is 0.0936. The van der Waals surface area contributed by atoms with Crippen LogP contribution in [0.4, 0.5) is 17.1 Å². The largest absolute Gasteiger partial charge is 0.494 e. The van der Waals surface area contributed by atoms with E-state index in [9.17, 15) is 24.6 Å². The standard InChI is InChI=1S/C42H54N6O7Si/c1-6-54-31-15-17-36-29(22-31)23-34(43-19-10-11-21-49)40(51)48(36)30-14-16-37-33(24-30)42(41(52)46(37)3)27(2)39(56(4,5)53)38(55-42)18-20-47-25-35(44-45-47)32(26-50)28-12-8-7-9-13-28/h7-9,12-17,22,24-25,27,32,34,38-39,43,49-50,53H,6,10-11,18-21,23,26H2,1-5H3/t27-,32?,34?,38+,39-,42+/m0/s1. The van der Waals surface area contributed by atoms with Crippen LogP contribution in [0.25, 0.3) is 0 Å². The molecule has 0 radical (unpaired) electrons. The van der Waals surface area contributed by atoms with Crippen LogP contribution in [-0.2, 0) is 32.9 Å². The van der Waals surface area contributed by atoms with Crippen molar-refractivity contribution >= 4 is 37.2 Å². The summed E-state index contributed by atoms with van der Waals surface area (Å²) in [6.45, 7) is 9.26. The molecule has 4 heterocycles. The van der Waals surface area contributed by atoms with Crippen molar-refractivity contribution in [2.75, 3.05) is 43.2 Å². The monoisotopic (exact) mass is 782 g/mol. The van der Waals surface area contributed by atoms with Crippen LogP contribution in [0.15, 0.2) is 72.9 Å². The van der Waals surface area contributed by atoms with Gasteiger partial charge in [-0.1, -0.05) is 42.5 Å². The van der Waals surface area contributed by atoms with Gasteiger partial charge in [0.1, 0.15) is 5.75 Å². The maximum Gasteiger partial charge on any atom is 0.264 e. The summed E-state index contributed by atoms with van der Waals surface area (Å²) in [5.41, 5.74) is 3.63. The predicted octanol–water partition coefficient (Wildman–Crippen LogP) is 4.62. The molecule has 0 aliphatic carbocycles. The fraction of sp³-hybridized carbons (Fsp3) is 0.476. The van der Waals surface area contributed by atoms with Crippen LogP contribution < -0.4 is 19.9 Å². The Morgan fingerprint density at radius 2 is 1.82 bits per heavy atom. The van der Waals surface area contributed by atoms with Crippen LogP contribution >= 0.6 is 0 Å². The highest BCUT2D eigenvalue weighted by atomic mass is 28.4. The van der Waals surface area contributed by atoms with Crippen molar-refractivity contribution in [3.05, 3.63) is 95.3 Å². The maximum absolute atomic E-state index is 14.6. The highest BCUT2D eigenvalue weighted by molar-refractivity contribution is 6.71. The Bertz CT molecular complexity index is 2040. The number of amides is 2. The van der Waals surface area contributed by atoms with Crippen molar-refractivity contribution in [2.45, 2.75) is 88.4 Å². The lowest BCUT2D eigenvalue weighted by molar-refractivity contribution is -0.145. The Balaban J connectivity index is 1.22. The normalized spacial score (nSPS) is 23.9. The summed E-state index contributed by atoms with van der Waals surface area (Å²) in [5.74, 6) is -0.275. The molecule has 56 heavy (non-hydrogen) atoms. The van der Waals surface area contributed by atoms with Gasteiger partial charge < -0.3 is 34.7 Å². The van der Waals surface area contributed by atoms with Gasteiger partial charge in [0.25, 0.3) is 5.91 Å². The number of unbranched alkanes of at least 4 members (excludes halogenated alkanes) is 1. The molecule has 1 spiro atoms. The number of aliphatic hydroxyl groups is 2. The van der Waals surface area contributed by atoms with Crippen LogP contribution in [0.1, 0.15) is 61.4 Å². The summed E-state index contributed by atoms with van der Waals surface area (Å²) >= 11 is 0. The van der Waals surface area contributed by atoms with E-state index in [2.05, 4.69) is 15.6 Å². The van der Waals surface area contributed by atoms with Crippen LogP contribution in [0.5, 0.6) is 5.75 Å². The van der Waals surface area contributed by atoms with Crippen LogP contribution in [0, 0.1) is 5.92 Å². The number of ether oxygens (including phenoxy) is 2. The minimum atomic E-state index is -2.94. The molecule has 4 aromatic rings. The molecule has 0 bridgehead atoms. The van der Waals surface area contributed by atoms with Gasteiger partial charge >= 0.3 is 0 Å². The molecule has 1 fully saturated rings. The molecule has 13 nitrogen and oxygen atoms in total. The van der Waals surface area contributed by atoms with Gasteiger partial charge in [-0.15, -0.1) is 5.10 Å². The van der Waals surface area contributed by atoms with Crippen LogP contribution in [0.3, 0.4) is 0 Å². The van der Waals surface area contributed by atoms with E-state index < -0.39 is 26.1 Å². The number of nitrogens with zero attached hydrogens (tertiary/aromatic N) is 5. The molecule has 14 heteroatoms. The zero-order valence-electron chi connectivity index (χ0n) is 32.9. The Kier molecular flexibility index (Phi) is 11.5. The molecular formula is C42H54N6O7Si. The zero-order chi connectivity index (χ0) is 39.8. The first-order valence-corrected chi connectivity index (χ1v) is 22.8. The van der Waals surface area contributed by atoms with E-state index in [1.807, 2.05) is 99.9 Å². The van der Waals surface area contributed by atoms with Crippen molar-refractivity contribution in [3.8, 4) is 5.75 Å². The van der Waals surface area contributed by atoms with Gasteiger partial charge in [-0.05, 0) is 99.8 Å². The van der Waals surface area contributed by atoms with E-state index >= 15 is 0 Å². The first-order valence-electron chi connectivity index (χ1n) is 19.8. The molecule has 4 N–H and O–H groups in total. The number of rotatable bonds is 15. The number of carbonyl (C=O) groups excluding carboxylic acids is 2. The molecule has 2 amide bonds. The van der Waals surface area contributed by atoms with Gasteiger partial charge in [0.05, 0.1) is 48.3 Å². The average Bonchev–Trinajstić information content (AvgIpc) is 3.83. The number of hydrogen-bond acceptors (Lipinski definition) is 10. The van der Waals surface area contributed by atoms with E-state index in [1.54, 1.807) is 21.5 Å². The smallest absolute Gasteiger partial charge is 0.264 e. The van der Waals surface area contributed by atoms with Gasteiger partial charge in [0.15, 0.2) is 13.9 Å². The quantitative estimate of drug-likeness (QED) is 0.0990. The van der Waals surface area contributed by atoms with E-state index in [-0.39, 0.29) is 42.4 Å². The number of aryl methyl sites for hydroxylation is 1. The van der Waals surface area contributed by atoms with Crippen molar-refractivity contribution in [1.82, 2.24) is 20.3 Å². The molecule has 2 unspecified atom stereocenters. The number of benzene rings is 3. The average molecular weight is 783 g/mol. The molecule has 6 atom stereocenters. The predicted molar refractivity (Wildman–Crippen MR) is 216 cm³/mol. The van der Waals surface area contributed by atoms with Gasteiger partial charge in [0.2, 0.25) is 5.91 Å². The number of aliphatic hydroxyl groups excluding tert-OH is 2. The number of hydrogen-bond donors (Lipinski definition) is 4. The number of aromatic nitrogens is 3. The van der Waals surface area contributed by atoms with Gasteiger partial charge in [-0.3, -0.25) is 19.2 Å². The summed E-state index contributed by atoms with van der Waals surface area (Å²) in [6.07, 6.45) is 3.71. The number of carbonyl (C=O) groups is 2. The SMILES string of the molecule is CCOc1ccc2c(c1)CC(NCCCCO)C(=O)N2c1ccc2c(c1)[C@@]1(O[C@H](CCn3cc(C(CO)c4ccccc4)nn3)[C@@H]([Si](C)(C)O)[C@@H]1C)C(=O)N2C. The lowest BCUT2D eigenvalue weighted by atomic mass is 9.82. The fourth-order valence-electron chi connectivity index (χ4n) is 9.20. The third kappa shape index (κ3) is 7.18. The van der Waals surface area contributed by atoms with E-state index in [4.69, 9.17) is 9.47 Å². The fourth-order valence-corrected chi connectivity index (χ4v) is 11.8. The summed E-state index contributed by atoms with van der Waals surface area (Å²) in [7, 11) is -1.19. The van der Waals surface area contributed by atoms with Gasteiger partial charge in [-0.25, -0.2) is 0 Å². The summed E-state index contributed by atoms with van der Waals surface area (Å²) in [5, 5.41) is 31.7. The van der Waals surface area contributed by atoms with E-state index in [1.165, 1.54) is 0 Å². The summed E-state index contributed by atoms with van der Waals surface area (Å²) in [4.78, 5) is 44.1. The van der Waals surface area contributed by atoms with E-state index in [0.29, 0.717) is 61.6 Å². The first kappa shape index (κ1) is 39.8. The van der Waals surface area contributed by atoms with Crippen molar-refractivity contribution in [2.24, 2.45) is 5.92 Å². The zero-order valence-corrected chi connectivity index (χ0v) is 33.9. The molecule has 3 aliphatic heterocycles. The first-order chi connectivity index (χ1) is 26.9. The number of anilines is 3. The summed E-state index contributed by atoms with van der Waals surface area (Å²) in [6, 6.07) is 20.7. The maximum atomic E-state index is 14.6. The van der Waals surface area contributed by atoms with Crippen molar-refractivity contribution in [3.63, 3.8) is 0 Å². The lowest BCUT2D eigenvalue weighted by Crippen LogP contribution is -2.49. The van der Waals surface area contributed by atoms with Gasteiger partial charge in [-0.2, -0.15) is 0 Å².